The van der Waals surface area contributed by atoms with Crippen LogP contribution in [-0.2, 0) is 23.8 Å². The number of piperidine rings is 1. The SMILES string of the molecule is Cc1ccc(S(=O)(=O)OCCC(C)(C)OC(=O)C2CCNCC2)cc1. The van der Waals surface area contributed by atoms with E-state index in [0.29, 0.717) is 6.42 Å². The Balaban J connectivity index is 1.84. The summed E-state index contributed by atoms with van der Waals surface area (Å²) >= 11 is 0. The third kappa shape index (κ3) is 6.09. The summed E-state index contributed by atoms with van der Waals surface area (Å²) in [5.41, 5.74) is 0.204. The number of carbonyl (C=O) groups excluding carboxylic acids is 1. The minimum atomic E-state index is -3.80. The molecule has 0 saturated carbocycles. The number of benzene rings is 1. The molecule has 1 fully saturated rings. The average molecular weight is 369 g/mol. The monoisotopic (exact) mass is 369 g/mol. The van der Waals surface area contributed by atoms with E-state index in [-0.39, 0.29) is 23.4 Å². The van der Waals surface area contributed by atoms with E-state index in [1.807, 2.05) is 6.92 Å². The van der Waals surface area contributed by atoms with E-state index >= 15 is 0 Å². The largest absolute Gasteiger partial charge is 0.459 e. The van der Waals surface area contributed by atoms with E-state index < -0.39 is 15.7 Å². The van der Waals surface area contributed by atoms with Gasteiger partial charge in [-0.25, -0.2) is 0 Å². The number of ether oxygens (including phenoxy) is 1. The zero-order valence-electron chi connectivity index (χ0n) is 15.1. The van der Waals surface area contributed by atoms with E-state index in [2.05, 4.69) is 5.32 Å². The van der Waals surface area contributed by atoms with E-state index in [9.17, 15) is 13.2 Å². The Hall–Kier alpha value is -1.44. The van der Waals surface area contributed by atoms with Crippen molar-refractivity contribution in [2.45, 2.75) is 50.5 Å². The van der Waals surface area contributed by atoms with Crippen molar-refractivity contribution in [3.05, 3.63) is 29.8 Å². The molecule has 25 heavy (non-hydrogen) atoms. The van der Waals surface area contributed by atoms with Crippen LogP contribution in [0.3, 0.4) is 0 Å². The topological polar surface area (TPSA) is 81.7 Å². The molecule has 0 spiro atoms. The summed E-state index contributed by atoms with van der Waals surface area (Å²) in [4.78, 5) is 12.3. The molecule has 1 aromatic rings. The van der Waals surface area contributed by atoms with Gasteiger partial charge in [0.15, 0.2) is 0 Å². The van der Waals surface area contributed by atoms with Gasteiger partial charge in [-0.1, -0.05) is 17.7 Å². The smallest absolute Gasteiger partial charge is 0.309 e. The third-order valence-corrected chi connectivity index (χ3v) is 5.63. The number of carbonyl (C=O) groups is 1. The van der Waals surface area contributed by atoms with Gasteiger partial charge in [-0.15, -0.1) is 0 Å². The van der Waals surface area contributed by atoms with Crippen molar-refractivity contribution in [1.29, 1.82) is 0 Å². The van der Waals surface area contributed by atoms with Crippen molar-refractivity contribution in [2.24, 2.45) is 5.92 Å². The van der Waals surface area contributed by atoms with E-state index in [1.54, 1.807) is 26.0 Å². The highest BCUT2D eigenvalue weighted by Gasteiger charge is 2.29. The third-order valence-electron chi connectivity index (χ3n) is 4.30. The lowest BCUT2D eigenvalue weighted by Crippen LogP contribution is -2.37. The Labute approximate surface area is 150 Å². The van der Waals surface area contributed by atoms with Gasteiger partial charge in [0, 0.05) is 6.42 Å². The normalized spacial score (nSPS) is 16.6. The molecule has 0 aliphatic carbocycles. The van der Waals surface area contributed by atoms with Crippen LogP contribution in [-0.4, -0.2) is 39.7 Å². The van der Waals surface area contributed by atoms with Crippen LogP contribution in [0, 0.1) is 12.8 Å². The van der Waals surface area contributed by atoms with Crippen LogP contribution < -0.4 is 5.32 Å². The van der Waals surface area contributed by atoms with Crippen LogP contribution in [0.4, 0.5) is 0 Å². The molecule has 0 bridgehead atoms. The van der Waals surface area contributed by atoms with Crippen molar-refractivity contribution in [3.8, 4) is 0 Å². The van der Waals surface area contributed by atoms with E-state index in [4.69, 9.17) is 8.92 Å². The van der Waals surface area contributed by atoms with Crippen molar-refractivity contribution >= 4 is 16.1 Å². The van der Waals surface area contributed by atoms with Crippen LogP contribution in [0.5, 0.6) is 0 Å². The summed E-state index contributed by atoms with van der Waals surface area (Å²) in [5, 5.41) is 3.21. The fourth-order valence-corrected chi connectivity index (χ4v) is 3.54. The Morgan fingerprint density at radius 3 is 2.40 bits per heavy atom. The van der Waals surface area contributed by atoms with E-state index in [0.717, 1.165) is 31.5 Å². The number of rotatable bonds is 7. The highest BCUT2D eigenvalue weighted by molar-refractivity contribution is 7.86. The average Bonchev–Trinajstić information content (AvgIpc) is 2.55. The lowest BCUT2D eigenvalue weighted by molar-refractivity contribution is -0.163. The summed E-state index contributed by atoms with van der Waals surface area (Å²) in [6.07, 6.45) is 1.84. The Bertz CT molecular complexity index is 676. The molecular formula is C18H27NO5S. The maximum absolute atomic E-state index is 12.2. The summed E-state index contributed by atoms with van der Waals surface area (Å²) in [6.45, 7) is 7.02. The first-order valence-corrected chi connectivity index (χ1v) is 10.0. The van der Waals surface area contributed by atoms with Crippen molar-refractivity contribution in [2.75, 3.05) is 19.7 Å². The van der Waals surface area contributed by atoms with Crippen LogP contribution >= 0.6 is 0 Å². The number of nitrogens with one attached hydrogen (secondary N) is 1. The summed E-state index contributed by atoms with van der Waals surface area (Å²) in [5.74, 6) is -0.300. The van der Waals surface area contributed by atoms with E-state index in [1.165, 1.54) is 12.1 Å². The Morgan fingerprint density at radius 1 is 1.20 bits per heavy atom. The molecule has 1 aliphatic heterocycles. The Morgan fingerprint density at radius 2 is 1.80 bits per heavy atom. The predicted molar refractivity (Wildman–Crippen MR) is 94.7 cm³/mol. The highest BCUT2D eigenvalue weighted by Crippen LogP contribution is 2.22. The lowest BCUT2D eigenvalue weighted by atomic mass is 9.97. The molecule has 1 N–H and O–H groups in total. The van der Waals surface area contributed by atoms with Gasteiger partial charge in [0.05, 0.1) is 17.4 Å². The van der Waals surface area contributed by atoms with Gasteiger partial charge >= 0.3 is 5.97 Å². The molecule has 0 amide bonds. The second-order valence-electron chi connectivity index (χ2n) is 7.04. The zero-order valence-corrected chi connectivity index (χ0v) is 15.9. The molecule has 1 aromatic carbocycles. The van der Waals surface area contributed by atoms with Gasteiger partial charge in [-0.3, -0.25) is 8.98 Å². The first kappa shape index (κ1) is 19.9. The minimum absolute atomic E-state index is 0.0390. The number of aryl methyl sites for hydroxylation is 1. The standard InChI is InChI=1S/C18H27NO5S/c1-14-4-6-16(7-5-14)25(21,22)23-13-10-18(2,3)24-17(20)15-8-11-19-12-9-15/h4-7,15,19H,8-13H2,1-3H3. The molecule has 1 aliphatic rings. The number of esters is 1. The van der Waals surface area contributed by atoms with Gasteiger partial charge in [0.1, 0.15) is 5.60 Å². The fourth-order valence-electron chi connectivity index (χ4n) is 2.63. The second-order valence-corrected chi connectivity index (χ2v) is 8.66. The lowest BCUT2D eigenvalue weighted by Gasteiger charge is -2.29. The molecule has 1 saturated heterocycles. The Kier molecular flexibility index (Phi) is 6.59. The maximum atomic E-state index is 12.2. The first-order chi connectivity index (χ1) is 11.7. The summed E-state index contributed by atoms with van der Waals surface area (Å²) in [6, 6.07) is 6.49. The predicted octanol–water partition coefficient (Wildman–Crippen LogP) is 2.41. The molecular weight excluding hydrogens is 342 g/mol. The quantitative estimate of drug-likeness (QED) is 0.587. The van der Waals surface area contributed by atoms with Gasteiger partial charge in [-0.05, 0) is 58.8 Å². The van der Waals surface area contributed by atoms with Crippen LogP contribution in [0.2, 0.25) is 0 Å². The van der Waals surface area contributed by atoms with Crippen LogP contribution in [0.1, 0.15) is 38.7 Å². The molecule has 0 radical (unpaired) electrons. The zero-order chi connectivity index (χ0) is 18.5. The minimum Gasteiger partial charge on any atom is -0.459 e. The molecule has 2 rings (SSSR count). The van der Waals surface area contributed by atoms with Crippen molar-refractivity contribution in [3.63, 3.8) is 0 Å². The molecule has 6 nitrogen and oxygen atoms in total. The van der Waals surface area contributed by atoms with Gasteiger partial charge in [0.2, 0.25) is 0 Å². The van der Waals surface area contributed by atoms with Gasteiger partial charge < -0.3 is 10.1 Å². The molecule has 0 aromatic heterocycles. The number of hydrogen-bond donors (Lipinski definition) is 1. The fraction of sp³-hybridized carbons (Fsp3) is 0.611. The molecule has 0 atom stereocenters. The van der Waals surface area contributed by atoms with Crippen LogP contribution in [0.25, 0.3) is 0 Å². The second kappa shape index (κ2) is 8.29. The molecule has 140 valence electrons. The van der Waals surface area contributed by atoms with Gasteiger partial charge in [-0.2, -0.15) is 8.42 Å². The van der Waals surface area contributed by atoms with Crippen molar-refractivity contribution < 1.29 is 22.1 Å². The van der Waals surface area contributed by atoms with Crippen molar-refractivity contribution in [1.82, 2.24) is 5.32 Å². The highest BCUT2D eigenvalue weighted by atomic mass is 32.2. The summed E-state index contributed by atoms with van der Waals surface area (Å²) in [7, 11) is -3.80. The van der Waals surface area contributed by atoms with Gasteiger partial charge in [0.25, 0.3) is 10.1 Å². The summed E-state index contributed by atoms with van der Waals surface area (Å²) < 4.78 is 35.0. The maximum Gasteiger partial charge on any atom is 0.309 e. The molecule has 0 unspecified atom stereocenters. The molecule has 1 heterocycles. The van der Waals surface area contributed by atoms with Crippen LogP contribution in [0.15, 0.2) is 29.2 Å². The molecule has 7 heteroatoms. The first-order valence-electron chi connectivity index (χ1n) is 8.59. The number of hydrogen-bond acceptors (Lipinski definition) is 6.